The number of nitrogens with zero attached hydrogens (tertiary/aromatic N) is 1. The second-order valence-electron chi connectivity index (χ2n) is 5.89. The van der Waals surface area contributed by atoms with E-state index in [2.05, 4.69) is 60.4 Å². The first-order valence-corrected chi connectivity index (χ1v) is 7.70. The van der Waals surface area contributed by atoms with Crippen molar-refractivity contribution in [2.75, 3.05) is 13.7 Å². The van der Waals surface area contributed by atoms with Crippen molar-refractivity contribution in [2.24, 2.45) is 0 Å². The minimum atomic E-state index is 0.539. The number of ether oxygens (including phenoxy) is 1. The molecule has 0 aliphatic carbocycles. The van der Waals surface area contributed by atoms with Crippen LogP contribution < -0.4 is 4.74 Å². The number of likely N-dealkylation sites (tertiary alicyclic amines) is 1. The Kier molecular flexibility index (Phi) is 4.26. The van der Waals surface area contributed by atoms with Crippen molar-refractivity contribution in [3.05, 3.63) is 65.2 Å². The van der Waals surface area contributed by atoms with Crippen LogP contribution in [0.2, 0.25) is 0 Å². The van der Waals surface area contributed by atoms with E-state index in [1.165, 1.54) is 36.1 Å². The molecule has 3 rings (SSSR count). The fraction of sp³-hybridized carbons (Fsp3) is 0.368. The molecule has 21 heavy (non-hydrogen) atoms. The zero-order valence-corrected chi connectivity index (χ0v) is 12.9. The van der Waals surface area contributed by atoms with Crippen LogP contribution in [-0.2, 0) is 6.54 Å². The SMILES string of the molecule is COc1ccc([C@@H]2CCCN2Cc2ccc(C)cc2)cc1. The van der Waals surface area contributed by atoms with E-state index >= 15 is 0 Å². The van der Waals surface area contributed by atoms with Crippen LogP contribution >= 0.6 is 0 Å². The summed E-state index contributed by atoms with van der Waals surface area (Å²) < 4.78 is 5.25. The summed E-state index contributed by atoms with van der Waals surface area (Å²) in [4.78, 5) is 2.59. The molecule has 0 unspecified atom stereocenters. The van der Waals surface area contributed by atoms with Gasteiger partial charge in [-0.1, -0.05) is 42.0 Å². The highest BCUT2D eigenvalue weighted by atomic mass is 16.5. The highest BCUT2D eigenvalue weighted by molar-refractivity contribution is 5.30. The third kappa shape index (κ3) is 3.27. The van der Waals surface area contributed by atoms with Gasteiger partial charge in [0.2, 0.25) is 0 Å². The second-order valence-corrected chi connectivity index (χ2v) is 5.89. The molecule has 1 aliphatic rings. The molecule has 110 valence electrons. The van der Waals surface area contributed by atoms with E-state index < -0.39 is 0 Å². The Morgan fingerprint density at radius 1 is 1.05 bits per heavy atom. The third-order valence-corrected chi connectivity index (χ3v) is 4.37. The molecular formula is C19H23NO. The fourth-order valence-electron chi connectivity index (χ4n) is 3.15. The standard InChI is InChI=1S/C19H23NO/c1-15-5-7-16(8-6-15)14-20-13-3-4-19(20)17-9-11-18(21-2)12-10-17/h5-12,19H,3-4,13-14H2,1-2H3/t19-/m0/s1. The number of benzene rings is 2. The van der Waals surface area contributed by atoms with E-state index in [0.717, 1.165) is 12.3 Å². The van der Waals surface area contributed by atoms with Gasteiger partial charge in [-0.25, -0.2) is 0 Å². The molecular weight excluding hydrogens is 258 g/mol. The van der Waals surface area contributed by atoms with Gasteiger partial charge < -0.3 is 4.74 Å². The highest BCUT2D eigenvalue weighted by Crippen LogP contribution is 2.33. The number of hydrogen-bond acceptors (Lipinski definition) is 2. The molecule has 1 atom stereocenters. The minimum Gasteiger partial charge on any atom is -0.497 e. The Bertz CT molecular complexity index is 574. The van der Waals surface area contributed by atoms with Gasteiger partial charge in [0.1, 0.15) is 5.75 Å². The third-order valence-electron chi connectivity index (χ3n) is 4.37. The summed E-state index contributed by atoms with van der Waals surface area (Å²) in [6, 6.07) is 18.0. The number of aryl methyl sites for hydroxylation is 1. The van der Waals surface area contributed by atoms with Crippen LogP contribution in [0.3, 0.4) is 0 Å². The molecule has 0 spiro atoms. The largest absolute Gasteiger partial charge is 0.497 e. The smallest absolute Gasteiger partial charge is 0.118 e. The number of rotatable bonds is 4. The second kappa shape index (κ2) is 6.31. The molecule has 0 aromatic heterocycles. The molecule has 0 bridgehead atoms. The van der Waals surface area contributed by atoms with Crippen molar-refractivity contribution in [3.8, 4) is 5.75 Å². The Morgan fingerprint density at radius 3 is 2.43 bits per heavy atom. The summed E-state index contributed by atoms with van der Waals surface area (Å²) in [5.41, 5.74) is 4.13. The van der Waals surface area contributed by atoms with Gasteiger partial charge in [0.25, 0.3) is 0 Å². The lowest BCUT2D eigenvalue weighted by Gasteiger charge is -2.25. The molecule has 0 radical (unpaired) electrons. The molecule has 0 amide bonds. The van der Waals surface area contributed by atoms with Crippen molar-refractivity contribution in [3.63, 3.8) is 0 Å². The van der Waals surface area contributed by atoms with Crippen molar-refractivity contribution < 1.29 is 4.74 Å². The van der Waals surface area contributed by atoms with E-state index in [1.54, 1.807) is 7.11 Å². The van der Waals surface area contributed by atoms with Crippen molar-refractivity contribution >= 4 is 0 Å². The molecule has 1 aliphatic heterocycles. The normalized spacial score (nSPS) is 18.9. The summed E-state index contributed by atoms with van der Waals surface area (Å²) in [5, 5.41) is 0. The average Bonchev–Trinajstić information content (AvgIpc) is 2.98. The van der Waals surface area contributed by atoms with Crippen LogP contribution in [0.4, 0.5) is 0 Å². The highest BCUT2D eigenvalue weighted by Gasteiger charge is 2.25. The van der Waals surface area contributed by atoms with Gasteiger partial charge >= 0.3 is 0 Å². The molecule has 0 saturated carbocycles. The first-order valence-electron chi connectivity index (χ1n) is 7.70. The quantitative estimate of drug-likeness (QED) is 0.826. The average molecular weight is 281 g/mol. The van der Waals surface area contributed by atoms with E-state index in [9.17, 15) is 0 Å². The molecule has 2 nitrogen and oxygen atoms in total. The lowest BCUT2D eigenvalue weighted by atomic mass is 10.0. The Balaban J connectivity index is 1.73. The summed E-state index contributed by atoms with van der Waals surface area (Å²) in [6.07, 6.45) is 2.53. The van der Waals surface area contributed by atoms with Gasteiger partial charge in [0.05, 0.1) is 7.11 Å². The van der Waals surface area contributed by atoms with Crippen LogP contribution in [0, 0.1) is 6.92 Å². The minimum absolute atomic E-state index is 0.539. The lowest BCUT2D eigenvalue weighted by Crippen LogP contribution is -2.22. The summed E-state index contributed by atoms with van der Waals surface area (Å²) in [5.74, 6) is 0.932. The Morgan fingerprint density at radius 2 is 1.76 bits per heavy atom. The molecule has 1 heterocycles. The van der Waals surface area contributed by atoms with Crippen LogP contribution in [-0.4, -0.2) is 18.6 Å². The monoisotopic (exact) mass is 281 g/mol. The fourth-order valence-corrected chi connectivity index (χ4v) is 3.15. The van der Waals surface area contributed by atoms with Gasteiger partial charge in [-0.05, 0) is 49.6 Å². The molecule has 2 heteroatoms. The van der Waals surface area contributed by atoms with E-state index in [1.807, 2.05) is 0 Å². The first kappa shape index (κ1) is 14.2. The van der Waals surface area contributed by atoms with E-state index in [4.69, 9.17) is 4.74 Å². The molecule has 1 fully saturated rings. The Labute approximate surface area is 127 Å². The number of methoxy groups -OCH3 is 1. The van der Waals surface area contributed by atoms with E-state index in [-0.39, 0.29) is 0 Å². The zero-order chi connectivity index (χ0) is 14.7. The zero-order valence-electron chi connectivity index (χ0n) is 12.9. The van der Waals surface area contributed by atoms with Gasteiger partial charge in [-0.2, -0.15) is 0 Å². The van der Waals surface area contributed by atoms with E-state index in [0.29, 0.717) is 6.04 Å². The first-order chi connectivity index (χ1) is 10.3. The molecule has 0 N–H and O–H groups in total. The summed E-state index contributed by atoms with van der Waals surface area (Å²) >= 11 is 0. The van der Waals surface area contributed by atoms with Crippen molar-refractivity contribution in [2.45, 2.75) is 32.4 Å². The van der Waals surface area contributed by atoms with Crippen LogP contribution in [0.1, 0.15) is 35.6 Å². The van der Waals surface area contributed by atoms with Gasteiger partial charge in [0, 0.05) is 12.6 Å². The molecule has 2 aromatic carbocycles. The van der Waals surface area contributed by atoms with Gasteiger partial charge in [0.15, 0.2) is 0 Å². The topological polar surface area (TPSA) is 12.5 Å². The van der Waals surface area contributed by atoms with Crippen LogP contribution in [0.15, 0.2) is 48.5 Å². The molecule has 1 saturated heterocycles. The predicted molar refractivity (Wildman–Crippen MR) is 86.6 cm³/mol. The van der Waals surface area contributed by atoms with Crippen molar-refractivity contribution in [1.29, 1.82) is 0 Å². The van der Waals surface area contributed by atoms with Crippen LogP contribution in [0.5, 0.6) is 5.75 Å². The number of hydrogen-bond donors (Lipinski definition) is 0. The summed E-state index contributed by atoms with van der Waals surface area (Å²) in [6.45, 7) is 4.36. The maximum Gasteiger partial charge on any atom is 0.118 e. The predicted octanol–water partition coefficient (Wildman–Crippen LogP) is 4.34. The van der Waals surface area contributed by atoms with Gasteiger partial charge in [-0.15, -0.1) is 0 Å². The van der Waals surface area contributed by atoms with Crippen LogP contribution in [0.25, 0.3) is 0 Å². The van der Waals surface area contributed by atoms with Gasteiger partial charge in [-0.3, -0.25) is 4.90 Å². The molecule has 2 aromatic rings. The summed E-state index contributed by atoms with van der Waals surface area (Å²) in [7, 11) is 1.72. The lowest BCUT2D eigenvalue weighted by molar-refractivity contribution is 0.248. The Hall–Kier alpha value is -1.80. The maximum atomic E-state index is 5.25. The van der Waals surface area contributed by atoms with Crippen molar-refractivity contribution in [1.82, 2.24) is 4.90 Å². The maximum absolute atomic E-state index is 5.25.